The van der Waals surface area contributed by atoms with E-state index in [0.717, 1.165) is 39.2 Å². The Kier molecular flexibility index (Phi) is 8.25. The van der Waals surface area contributed by atoms with Gasteiger partial charge in [-0.3, -0.25) is 19.5 Å². The number of hydrogen-bond acceptors (Lipinski definition) is 5. The molecule has 1 aliphatic rings. The lowest BCUT2D eigenvalue weighted by Gasteiger charge is -2.25. The van der Waals surface area contributed by atoms with E-state index in [0.29, 0.717) is 17.4 Å². The van der Waals surface area contributed by atoms with Gasteiger partial charge >= 0.3 is 0 Å². The molecule has 7 nitrogen and oxygen atoms in total. The number of carbonyl (C=O) groups is 2. The lowest BCUT2D eigenvalue weighted by molar-refractivity contribution is -0.123. The van der Waals surface area contributed by atoms with Crippen LogP contribution in [0.15, 0.2) is 67.0 Å². The third kappa shape index (κ3) is 6.19. The monoisotopic (exact) mass is 587 g/mol. The molecule has 1 atom stereocenters. The highest BCUT2D eigenvalue weighted by Gasteiger charge is 2.40. The quantitative estimate of drug-likeness (QED) is 0.285. The number of rotatable bonds is 6. The van der Waals surface area contributed by atoms with Gasteiger partial charge in [0, 0.05) is 34.9 Å². The van der Waals surface area contributed by atoms with Gasteiger partial charge in [0.1, 0.15) is 12.4 Å². The van der Waals surface area contributed by atoms with E-state index in [4.69, 9.17) is 16.7 Å². The van der Waals surface area contributed by atoms with Crippen LogP contribution in [-0.2, 0) is 21.5 Å². The Morgan fingerprint density at radius 1 is 1.10 bits per heavy atom. The summed E-state index contributed by atoms with van der Waals surface area (Å²) in [6.45, 7) is 10.7. The molecule has 0 unspecified atom stereocenters. The van der Waals surface area contributed by atoms with Crippen LogP contribution in [0.4, 0.5) is 5.82 Å². The molecule has 2 aromatic heterocycles. The van der Waals surface area contributed by atoms with Crippen molar-refractivity contribution < 1.29 is 9.59 Å². The average Bonchev–Trinajstić information content (AvgIpc) is 3.25. The maximum atomic E-state index is 13.9. The molecule has 4 aromatic rings. The van der Waals surface area contributed by atoms with Crippen molar-refractivity contribution in [2.45, 2.75) is 51.8 Å². The summed E-state index contributed by atoms with van der Waals surface area (Å²) in [4.78, 5) is 32.8. The second-order valence-electron chi connectivity index (χ2n) is 11.4. The van der Waals surface area contributed by atoms with Gasteiger partial charge in [-0.2, -0.15) is 5.10 Å². The predicted octanol–water partition coefficient (Wildman–Crippen LogP) is 6.32. The molecule has 3 heterocycles. The summed E-state index contributed by atoms with van der Waals surface area (Å²) < 4.78 is 1.86. The fraction of sp³-hybridized carbons (Fsp3) is 0.312. The minimum atomic E-state index is -0.339. The zero-order valence-corrected chi connectivity index (χ0v) is 25.5. The van der Waals surface area contributed by atoms with E-state index in [1.807, 2.05) is 60.1 Å². The van der Waals surface area contributed by atoms with Crippen molar-refractivity contribution >= 4 is 41.0 Å². The first-order valence-electron chi connectivity index (χ1n) is 13.6. The molecule has 1 aliphatic heterocycles. The molecule has 0 fully saturated rings. The highest BCUT2D eigenvalue weighted by atomic mass is 35.5. The van der Waals surface area contributed by atoms with E-state index < -0.39 is 0 Å². The standard InChI is InChI=1S/C32H34ClN5O2S/c1-20-9-10-25(21(2)15-20)38-31-28(30(36-38)32(3,4)5)29(23-7-6-8-24(33)16-23)41-19-27(40)37(31)18-26(39)35-17-22-11-13-34-14-12-22/h6-16,29H,17-19H2,1-5H3,(H,35,39)/t29-/m0/s1. The lowest BCUT2D eigenvalue weighted by atomic mass is 9.87. The van der Waals surface area contributed by atoms with Crippen LogP contribution in [-0.4, -0.2) is 38.9 Å². The van der Waals surface area contributed by atoms with Gasteiger partial charge in [0.25, 0.3) is 0 Å². The number of carbonyl (C=O) groups excluding carboxylic acids is 2. The first-order chi connectivity index (χ1) is 19.5. The Morgan fingerprint density at radius 3 is 2.54 bits per heavy atom. The van der Waals surface area contributed by atoms with E-state index in [1.165, 1.54) is 0 Å². The molecule has 0 radical (unpaired) electrons. The number of aromatic nitrogens is 3. The number of aryl methyl sites for hydroxylation is 2. The molecule has 1 N–H and O–H groups in total. The zero-order chi connectivity index (χ0) is 29.3. The van der Waals surface area contributed by atoms with Gasteiger partial charge in [-0.15, -0.1) is 11.8 Å². The number of pyridine rings is 1. The Hall–Kier alpha value is -3.62. The summed E-state index contributed by atoms with van der Waals surface area (Å²) in [6.07, 6.45) is 3.38. The molecule has 0 bridgehead atoms. The van der Waals surface area contributed by atoms with Crippen LogP contribution in [0.2, 0.25) is 5.02 Å². The maximum Gasteiger partial charge on any atom is 0.240 e. The molecule has 2 amide bonds. The zero-order valence-electron chi connectivity index (χ0n) is 23.9. The first-order valence-corrected chi connectivity index (χ1v) is 15.0. The Morgan fingerprint density at radius 2 is 1.85 bits per heavy atom. The van der Waals surface area contributed by atoms with Crippen LogP contribution in [0.1, 0.15) is 59.5 Å². The predicted molar refractivity (Wildman–Crippen MR) is 166 cm³/mol. The number of thioether (sulfide) groups is 1. The smallest absolute Gasteiger partial charge is 0.240 e. The van der Waals surface area contributed by atoms with Gasteiger partial charge in [0.15, 0.2) is 0 Å². The minimum absolute atomic E-state index is 0.125. The van der Waals surface area contributed by atoms with Crippen molar-refractivity contribution in [1.29, 1.82) is 0 Å². The van der Waals surface area contributed by atoms with E-state index in [1.54, 1.807) is 29.1 Å². The summed E-state index contributed by atoms with van der Waals surface area (Å²) >= 11 is 7.99. The molecule has 2 aromatic carbocycles. The molecule has 212 valence electrons. The third-order valence-electron chi connectivity index (χ3n) is 7.07. The topological polar surface area (TPSA) is 80.1 Å². The van der Waals surface area contributed by atoms with E-state index >= 15 is 0 Å². The van der Waals surface area contributed by atoms with Crippen molar-refractivity contribution in [3.05, 3.63) is 106 Å². The molecular weight excluding hydrogens is 554 g/mol. The highest BCUT2D eigenvalue weighted by Crippen LogP contribution is 2.48. The second kappa shape index (κ2) is 11.7. The third-order valence-corrected chi connectivity index (χ3v) is 8.56. The van der Waals surface area contributed by atoms with Gasteiger partial charge in [-0.05, 0) is 60.9 Å². The van der Waals surface area contributed by atoms with Crippen LogP contribution in [0.3, 0.4) is 0 Å². The Balaban J connectivity index is 1.68. The summed E-state index contributed by atoms with van der Waals surface area (Å²) in [5.74, 6) is 0.435. The molecule has 0 spiro atoms. The van der Waals surface area contributed by atoms with E-state index in [-0.39, 0.29) is 34.8 Å². The number of halogens is 1. The van der Waals surface area contributed by atoms with Crippen molar-refractivity contribution in [3.8, 4) is 5.69 Å². The Bertz CT molecular complexity index is 1600. The SMILES string of the molecule is Cc1ccc(-n2nc(C(C)(C)C)c3c2N(CC(=O)NCc2ccncc2)C(=O)CS[C@H]3c2cccc(Cl)c2)c(C)c1. The molecule has 0 saturated heterocycles. The summed E-state index contributed by atoms with van der Waals surface area (Å²) in [5.41, 5.74) is 6.43. The number of nitrogens with zero attached hydrogens (tertiary/aromatic N) is 4. The summed E-state index contributed by atoms with van der Waals surface area (Å²) in [6, 6.07) is 17.7. The lowest BCUT2D eigenvalue weighted by Crippen LogP contribution is -2.42. The average molecular weight is 588 g/mol. The molecule has 9 heteroatoms. The van der Waals surface area contributed by atoms with Gasteiger partial charge in [-0.25, -0.2) is 4.68 Å². The van der Waals surface area contributed by atoms with Crippen molar-refractivity contribution in [1.82, 2.24) is 20.1 Å². The van der Waals surface area contributed by atoms with Crippen molar-refractivity contribution in [2.24, 2.45) is 0 Å². The fourth-order valence-corrected chi connectivity index (χ4v) is 6.50. The van der Waals surface area contributed by atoms with Crippen molar-refractivity contribution in [2.75, 3.05) is 17.2 Å². The maximum absolute atomic E-state index is 13.9. The number of amides is 2. The van der Waals surface area contributed by atoms with Gasteiger partial charge < -0.3 is 5.32 Å². The number of anilines is 1. The van der Waals surface area contributed by atoms with Crippen LogP contribution in [0, 0.1) is 13.8 Å². The van der Waals surface area contributed by atoms with Crippen LogP contribution >= 0.6 is 23.4 Å². The van der Waals surface area contributed by atoms with Gasteiger partial charge in [-0.1, -0.05) is 62.2 Å². The number of fused-ring (bicyclic) bond motifs is 1. The number of benzene rings is 2. The molecule has 0 aliphatic carbocycles. The second-order valence-corrected chi connectivity index (χ2v) is 12.9. The normalized spacial score (nSPS) is 15.4. The van der Waals surface area contributed by atoms with Gasteiger partial charge in [0.05, 0.1) is 22.4 Å². The van der Waals surface area contributed by atoms with Gasteiger partial charge in [0.2, 0.25) is 11.8 Å². The van der Waals surface area contributed by atoms with E-state index in [2.05, 4.69) is 44.1 Å². The largest absolute Gasteiger partial charge is 0.350 e. The molecule has 41 heavy (non-hydrogen) atoms. The van der Waals surface area contributed by atoms with Crippen LogP contribution in [0.5, 0.6) is 0 Å². The first kappa shape index (κ1) is 28.9. The fourth-order valence-electron chi connectivity index (χ4n) is 5.12. The summed E-state index contributed by atoms with van der Waals surface area (Å²) in [5, 5.41) is 8.58. The summed E-state index contributed by atoms with van der Waals surface area (Å²) in [7, 11) is 0. The number of nitrogens with one attached hydrogen (secondary N) is 1. The minimum Gasteiger partial charge on any atom is -0.350 e. The molecule has 5 rings (SSSR count). The number of hydrogen-bond donors (Lipinski definition) is 1. The van der Waals surface area contributed by atoms with Crippen molar-refractivity contribution in [3.63, 3.8) is 0 Å². The van der Waals surface area contributed by atoms with E-state index in [9.17, 15) is 9.59 Å². The Labute approximate surface area is 250 Å². The highest BCUT2D eigenvalue weighted by molar-refractivity contribution is 8.00. The van der Waals surface area contributed by atoms with Crippen LogP contribution < -0.4 is 10.2 Å². The molecule has 0 saturated carbocycles. The van der Waals surface area contributed by atoms with Crippen LogP contribution in [0.25, 0.3) is 5.69 Å². The molecular formula is C32H34ClN5O2S.